The summed E-state index contributed by atoms with van der Waals surface area (Å²) in [4.78, 5) is 12.8. The Morgan fingerprint density at radius 3 is 2.44 bits per heavy atom. The number of carbonyl (C=O) groups excluding carboxylic acids is 1. The van der Waals surface area contributed by atoms with E-state index >= 15 is 0 Å². The molecule has 1 aromatic rings. The number of alkyl halides is 3. The Morgan fingerprint density at radius 2 is 1.84 bits per heavy atom. The van der Waals surface area contributed by atoms with Crippen LogP contribution < -0.4 is 11.1 Å². The van der Waals surface area contributed by atoms with Crippen LogP contribution in [0.2, 0.25) is 0 Å². The first kappa shape index (κ1) is 21.8. The minimum Gasteiger partial charge on any atom is -0.355 e. The SMILES string of the molecule is Cl.NCCCCNC(=O)C1(c2cccc(C(F)(F)F)c2)CCCCC1. The highest BCUT2D eigenvalue weighted by molar-refractivity contribution is 5.88. The lowest BCUT2D eigenvalue weighted by Crippen LogP contribution is -2.46. The van der Waals surface area contributed by atoms with Gasteiger partial charge in [-0.1, -0.05) is 37.5 Å². The van der Waals surface area contributed by atoms with Crippen molar-refractivity contribution in [2.75, 3.05) is 13.1 Å². The average molecular weight is 379 g/mol. The molecule has 0 atom stereocenters. The first-order valence-electron chi connectivity index (χ1n) is 8.56. The summed E-state index contributed by atoms with van der Waals surface area (Å²) >= 11 is 0. The number of nitrogens with one attached hydrogen (secondary N) is 1. The van der Waals surface area contributed by atoms with Crippen LogP contribution in [0.1, 0.15) is 56.1 Å². The summed E-state index contributed by atoms with van der Waals surface area (Å²) in [6.07, 6.45) is 1.11. The normalized spacial score (nSPS) is 16.8. The van der Waals surface area contributed by atoms with Gasteiger partial charge in [0.2, 0.25) is 5.91 Å². The van der Waals surface area contributed by atoms with Crippen LogP contribution in [0.15, 0.2) is 24.3 Å². The standard InChI is InChI=1S/C18H25F3N2O.ClH/c19-18(20,21)15-8-6-7-14(13-15)17(9-2-1-3-10-17)16(24)23-12-5-4-11-22;/h6-8,13H,1-5,9-12,22H2,(H,23,24);1H. The summed E-state index contributed by atoms with van der Waals surface area (Å²) in [6.45, 7) is 1.07. The molecule has 1 saturated carbocycles. The third-order valence-corrected chi connectivity index (χ3v) is 4.80. The molecule has 1 fully saturated rings. The van der Waals surface area contributed by atoms with Crippen molar-refractivity contribution in [1.29, 1.82) is 0 Å². The van der Waals surface area contributed by atoms with Crippen molar-refractivity contribution in [1.82, 2.24) is 5.32 Å². The van der Waals surface area contributed by atoms with E-state index in [1.165, 1.54) is 6.07 Å². The zero-order chi connectivity index (χ0) is 17.6. The molecule has 1 aliphatic rings. The predicted molar refractivity (Wildman–Crippen MR) is 94.8 cm³/mol. The molecule has 1 aliphatic carbocycles. The Labute approximate surface area is 153 Å². The van der Waals surface area contributed by atoms with Gasteiger partial charge in [-0.3, -0.25) is 4.79 Å². The Morgan fingerprint density at radius 1 is 1.16 bits per heavy atom. The number of rotatable bonds is 6. The van der Waals surface area contributed by atoms with Crippen LogP contribution >= 0.6 is 12.4 Å². The van der Waals surface area contributed by atoms with Crippen molar-refractivity contribution < 1.29 is 18.0 Å². The summed E-state index contributed by atoms with van der Waals surface area (Å²) in [5.74, 6) is -0.154. The molecule has 0 bridgehead atoms. The van der Waals surface area contributed by atoms with Crippen molar-refractivity contribution >= 4 is 18.3 Å². The van der Waals surface area contributed by atoms with Gasteiger partial charge in [-0.15, -0.1) is 12.4 Å². The maximum atomic E-state index is 13.0. The second-order valence-corrected chi connectivity index (χ2v) is 6.47. The number of nitrogens with two attached hydrogens (primary N) is 1. The fraction of sp³-hybridized carbons (Fsp3) is 0.611. The smallest absolute Gasteiger partial charge is 0.355 e. The number of amides is 1. The number of hydrogen-bond donors (Lipinski definition) is 2. The van der Waals surface area contributed by atoms with Crippen molar-refractivity contribution in [3.05, 3.63) is 35.4 Å². The van der Waals surface area contributed by atoms with E-state index in [1.54, 1.807) is 6.07 Å². The molecule has 0 aromatic heterocycles. The summed E-state index contributed by atoms with van der Waals surface area (Å²) in [5.41, 5.74) is 4.38. The minimum absolute atomic E-state index is 0. The van der Waals surface area contributed by atoms with Crippen LogP contribution in [0.5, 0.6) is 0 Å². The van der Waals surface area contributed by atoms with Gasteiger partial charge in [0, 0.05) is 6.54 Å². The molecule has 1 amide bonds. The lowest BCUT2D eigenvalue weighted by molar-refractivity contribution is -0.138. The topological polar surface area (TPSA) is 55.1 Å². The minimum atomic E-state index is -4.40. The van der Waals surface area contributed by atoms with Crippen molar-refractivity contribution in [2.45, 2.75) is 56.5 Å². The molecule has 0 radical (unpaired) electrons. The highest BCUT2D eigenvalue weighted by Crippen LogP contribution is 2.41. The molecule has 3 nitrogen and oxygen atoms in total. The molecule has 0 spiro atoms. The molecule has 1 aromatic carbocycles. The second kappa shape index (κ2) is 9.43. The van der Waals surface area contributed by atoms with Crippen molar-refractivity contribution in [3.63, 3.8) is 0 Å². The fourth-order valence-corrected chi connectivity index (χ4v) is 3.44. The molecular weight excluding hydrogens is 353 g/mol. The molecule has 0 aliphatic heterocycles. The molecule has 0 unspecified atom stereocenters. The maximum Gasteiger partial charge on any atom is 0.416 e. The van der Waals surface area contributed by atoms with Gasteiger partial charge in [0.25, 0.3) is 0 Å². The summed E-state index contributed by atoms with van der Waals surface area (Å²) in [7, 11) is 0. The number of halogens is 4. The fourth-order valence-electron chi connectivity index (χ4n) is 3.44. The number of carbonyl (C=O) groups is 1. The van der Waals surface area contributed by atoms with Gasteiger partial charge in [0.1, 0.15) is 0 Å². The van der Waals surface area contributed by atoms with Gasteiger partial charge in [-0.2, -0.15) is 13.2 Å². The molecule has 0 heterocycles. The van der Waals surface area contributed by atoms with Crippen LogP contribution in [-0.2, 0) is 16.4 Å². The van der Waals surface area contributed by atoms with E-state index in [0.29, 0.717) is 31.5 Å². The largest absolute Gasteiger partial charge is 0.416 e. The summed E-state index contributed by atoms with van der Waals surface area (Å²) in [6, 6.07) is 5.25. The zero-order valence-corrected chi connectivity index (χ0v) is 15.0. The van der Waals surface area contributed by atoms with Crippen LogP contribution in [0.3, 0.4) is 0 Å². The van der Waals surface area contributed by atoms with Crippen LogP contribution in [0.4, 0.5) is 13.2 Å². The van der Waals surface area contributed by atoms with E-state index in [4.69, 9.17) is 5.73 Å². The van der Waals surface area contributed by atoms with Gasteiger partial charge in [-0.25, -0.2) is 0 Å². The first-order chi connectivity index (χ1) is 11.4. The van der Waals surface area contributed by atoms with Gasteiger partial charge in [0.05, 0.1) is 11.0 Å². The van der Waals surface area contributed by atoms with Gasteiger partial charge >= 0.3 is 6.18 Å². The van der Waals surface area contributed by atoms with Crippen molar-refractivity contribution in [3.8, 4) is 0 Å². The van der Waals surface area contributed by atoms with Crippen LogP contribution in [-0.4, -0.2) is 19.0 Å². The predicted octanol–water partition coefficient (Wildman–Crippen LogP) is 4.18. The molecule has 25 heavy (non-hydrogen) atoms. The highest BCUT2D eigenvalue weighted by atomic mass is 35.5. The first-order valence-corrected chi connectivity index (χ1v) is 8.56. The van der Waals surface area contributed by atoms with E-state index < -0.39 is 17.2 Å². The second-order valence-electron chi connectivity index (χ2n) is 6.47. The number of hydrogen-bond acceptors (Lipinski definition) is 2. The molecule has 0 saturated heterocycles. The van der Waals surface area contributed by atoms with E-state index in [-0.39, 0.29) is 18.3 Å². The maximum absolute atomic E-state index is 13.0. The lowest BCUT2D eigenvalue weighted by atomic mass is 9.68. The Hall–Kier alpha value is -1.27. The molecule has 142 valence electrons. The van der Waals surface area contributed by atoms with Gasteiger partial charge in [0.15, 0.2) is 0 Å². The Kier molecular flexibility index (Phi) is 8.22. The number of benzene rings is 1. The number of unbranched alkanes of at least 4 members (excludes halogenated alkanes) is 1. The summed E-state index contributed by atoms with van der Waals surface area (Å²) in [5, 5.41) is 2.91. The van der Waals surface area contributed by atoms with Crippen molar-refractivity contribution in [2.24, 2.45) is 5.73 Å². The van der Waals surface area contributed by atoms with E-state index in [0.717, 1.165) is 44.2 Å². The van der Waals surface area contributed by atoms with Crippen LogP contribution in [0, 0.1) is 0 Å². The van der Waals surface area contributed by atoms with Crippen LogP contribution in [0.25, 0.3) is 0 Å². The van der Waals surface area contributed by atoms with E-state index in [1.807, 2.05) is 0 Å². The average Bonchev–Trinajstić information content (AvgIpc) is 2.58. The Balaban J connectivity index is 0.00000312. The molecule has 3 N–H and O–H groups in total. The molecular formula is C18H26ClF3N2O. The monoisotopic (exact) mass is 378 g/mol. The Bertz CT molecular complexity index is 557. The van der Waals surface area contributed by atoms with Gasteiger partial charge in [-0.05, 0) is 43.9 Å². The zero-order valence-electron chi connectivity index (χ0n) is 14.2. The molecule has 2 rings (SSSR count). The van der Waals surface area contributed by atoms with E-state index in [2.05, 4.69) is 5.32 Å². The third kappa shape index (κ3) is 5.35. The lowest BCUT2D eigenvalue weighted by Gasteiger charge is -2.36. The highest BCUT2D eigenvalue weighted by Gasteiger charge is 2.42. The van der Waals surface area contributed by atoms with Gasteiger partial charge < -0.3 is 11.1 Å². The molecule has 7 heteroatoms. The third-order valence-electron chi connectivity index (χ3n) is 4.80. The van der Waals surface area contributed by atoms with E-state index in [9.17, 15) is 18.0 Å². The quantitative estimate of drug-likeness (QED) is 0.729. The summed E-state index contributed by atoms with van der Waals surface area (Å²) < 4.78 is 39.1.